The standard InChI is InChI=1S/C11H14N2O3/c1-6-8(5-12)9(13)7(10(14)16-3)4-11(6,2)15/h15H,4,13H2,1-3H3. The lowest BCUT2D eigenvalue weighted by Crippen LogP contribution is -2.35. The first-order valence-corrected chi connectivity index (χ1v) is 4.76. The quantitative estimate of drug-likeness (QED) is 0.625. The zero-order chi connectivity index (χ0) is 12.5. The van der Waals surface area contributed by atoms with Crippen LogP contribution in [0.1, 0.15) is 20.3 Å². The van der Waals surface area contributed by atoms with Gasteiger partial charge in [0.1, 0.15) is 6.07 Å². The zero-order valence-corrected chi connectivity index (χ0v) is 9.50. The van der Waals surface area contributed by atoms with Crippen LogP contribution in [0.25, 0.3) is 0 Å². The first-order chi connectivity index (χ1) is 7.35. The molecular formula is C11H14N2O3. The molecular weight excluding hydrogens is 208 g/mol. The van der Waals surface area contributed by atoms with Crippen molar-refractivity contribution in [2.24, 2.45) is 5.73 Å². The molecule has 1 aliphatic rings. The van der Waals surface area contributed by atoms with Crippen molar-refractivity contribution in [2.45, 2.75) is 25.9 Å². The number of nitrogens with zero attached hydrogens (tertiary/aromatic N) is 1. The van der Waals surface area contributed by atoms with Gasteiger partial charge in [-0.2, -0.15) is 5.26 Å². The van der Waals surface area contributed by atoms with Crippen molar-refractivity contribution in [3.63, 3.8) is 0 Å². The van der Waals surface area contributed by atoms with Crippen molar-refractivity contribution in [1.29, 1.82) is 5.26 Å². The topological polar surface area (TPSA) is 96.3 Å². The highest BCUT2D eigenvalue weighted by Gasteiger charge is 2.36. The minimum Gasteiger partial charge on any atom is -0.466 e. The Morgan fingerprint density at radius 3 is 2.69 bits per heavy atom. The number of esters is 1. The third-order valence-corrected chi connectivity index (χ3v) is 2.84. The van der Waals surface area contributed by atoms with Crippen LogP contribution in [0.5, 0.6) is 0 Å². The highest BCUT2D eigenvalue weighted by atomic mass is 16.5. The summed E-state index contributed by atoms with van der Waals surface area (Å²) in [7, 11) is 1.23. The molecule has 1 atom stereocenters. The number of rotatable bonds is 1. The zero-order valence-electron chi connectivity index (χ0n) is 9.50. The molecule has 16 heavy (non-hydrogen) atoms. The maximum atomic E-state index is 11.4. The Kier molecular flexibility index (Phi) is 3.06. The molecule has 1 rings (SSSR count). The summed E-state index contributed by atoms with van der Waals surface area (Å²) in [6.45, 7) is 3.16. The molecule has 0 saturated heterocycles. The normalized spacial score (nSPS) is 25.4. The molecule has 0 fully saturated rings. The van der Waals surface area contributed by atoms with Gasteiger partial charge in [-0.3, -0.25) is 0 Å². The van der Waals surface area contributed by atoms with Gasteiger partial charge in [-0.15, -0.1) is 0 Å². The molecule has 0 bridgehead atoms. The Balaban J connectivity index is 3.38. The van der Waals surface area contributed by atoms with Crippen molar-refractivity contribution in [1.82, 2.24) is 0 Å². The van der Waals surface area contributed by atoms with E-state index in [0.29, 0.717) is 5.57 Å². The number of nitrogens with two attached hydrogens (primary N) is 1. The number of allylic oxidation sites excluding steroid dienone is 1. The minimum atomic E-state index is -1.24. The molecule has 1 aliphatic carbocycles. The maximum Gasteiger partial charge on any atom is 0.335 e. The lowest BCUT2D eigenvalue weighted by Gasteiger charge is -2.31. The summed E-state index contributed by atoms with van der Waals surface area (Å²) in [6, 6.07) is 1.90. The monoisotopic (exact) mass is 222 g/mol. The lowest BCUT2D eigenvalue weighted by molar-refractivity contribution is -0.136. The molecule has 5 nitrogen and oxygen atoms in total. The van der Waals surface area contributed by atoms with Crippen molar-refractivity contribution in [3.8, 4) is 6.07 Å². The van der Waals surface area contributed by atoms with Gasteiger partial charge >= 0.3 is 5.97 Å². The number of carbonyl (C=O) groups is 1. The number of carbonyl (C=O) groups excluding carboxylic acids is 1. The minimum absolute atomic E-state index is 0.0581. The third-order valence-electron chi connectivity index (χ3n) is 2.84. The van der Waals surface area contributed by atoms with Crippen molar-refractivity contribution in [2.75, 3.05) is 7.11 Å². The molecule has 3 N–H and O–H groups in total. The van der Waals surface area contributed by atoms with E-state index in [-0.39, 0.29) is 23.3 Å². The van der Waals surface area contributed by atoms with Gasteiger partial charge in [-0.25, -0.2) is 4.79 Å². The van der Waals surface area contributed by atoms with Gasteiger partial charge in [0.2, 0.25) is 0 Å². The van der Waals surface area contributed by atoms with Gasteiger partial charge in [0, 0.05) is 6.42 Å². The van der Waals surface area contributed by atoms with Crippen LogP contribution in [-0.4, -0.2) is 23.8 Å². The highest BCUT2D eigenvalue weighted by Crippen LogP contribution is 2.35. The van der Waals surface area contributed by atoms with Crippen LogP contribution in [0.3, 0.4) is 0 Å². The Labute approximate surface area is 93.8 Å². The van der Waals surface area contributed by atoms with E-state index >= 15 is 0 Å². The van der Waals surface area contributed by atoms with Gasteiger partial charge in [-0.1, -0.05) is 0 Å². The summed E-state index contributed by atoms with van der Waals surface area (Å²) in [4.78, 5) is 11.4. The number of hydrogen-bond donors (Lipinski definition) is 2. The van der Waals surface area contributed by atoms with Crippen molar-refractivity contribution < 1.29 is 14.6 Å². The summed E-state index contributed by atoms with van der Waals surface area (Å²) >= 11 is 0. The van der Waals surface area contributed by atoms with E-state index in [9.17, 15) is 9.90 Å². The van der Waals surface area contributed by atoms with Gasteiger partial charge in [-0.05, 0) is 19.4 Å². The summed E-state index contributed by atoms with van der Waals surface area (Å²) in [5, 5.41) is 19.0. The molecule has 0 amide bonds. The third kappa shape index (κ3) is 1.79. The fourth-order valence-corrected chi connectivity index (χ4v) is 1.64. The predicted octanol–water partition coefficient (Wildman–Crippen LogP) is 0.367. The van der Waals surface area contributed by atoms with Crippen LogP contribution in [-0.2, 0) is 9.53 Å². The van der Waals surface area contributed by atoms with Gasteiger partial charge < -0.3 is 15.6 Å². The van der Waals surface area contributed by atoms with Gasteiger partial charge in [0.05, 0.1) is 29.6 Å². The Bertz CT molecular complexity index is 439. The molecule has 0 heterocycles. The molecule has 5 heteroatoms. The average Bonchev–Trinajstić information content (AvgIpc) is 2.24. The van der Waals surface area contributed by atoms with E-state index in [2.05, 4.69) is 4.74 Å². The van der Waals surface area contributed by atoms with E-state index in [1.807, 2.05) is 6.07 Å². The summed E-state index contributed by atoms with van der Waals surface area (Å²) in [5.41, 5.74) is 5.34. The molecule has 1 unspecified atom stereocenters. The van der Waals surface area contributed by atoms with E-state index in [4.69, 9.17) is 11.0 Å². The summed E-state index contributed by atoms with van der Waals surface area (Å²) < 4.78 is 4.56. The SMILES string of the molecule is COC(=O)C1=C(N)C(C#N)=C(C)C(C)(O)C1. The second-order valence-corrected chi connectivity index (χ2v) is 3.95. The molecule has 0 aromatic rings. The molecule has 0 aromatic heterocycles. The van der Waals surface area contributed by atoms with E-state index in [1.54, 1.807) is 6.92 Å². The molecule has 0 spiro atoms. The van der Waals surface area contributed by atoms with Gasteiger partial charge in [0.25, 0.3) is 0 Å². The molecule has 0 aliphatic heterocycles. The highest BCUT2D eigenvalue weighted by molar-refractivity contribution is 5.91. The van der Waals surface area contributed by atoms with Crippen LogP contribution in [0, 0.1) is 11.3 Å². The van der Waals surface area contributed by atoms with E-state index < -0.39 is 11.6 Å². The van der Waals surface area contributed by atoms with Gasteiger partial charge in [0.15, 0.2) is 0 Å². The first kappa shape index (κ1) is 12.3. The summed E-state index contributed by atoms with van der Waals surface area (Å²) in [5.74, 6) is -0.613. The Hall–Kier alpha value is -1.80. The Morgan fingerprint density at radius 1 is 1.69 bits per heavy atom. The number of nitriles is 1. The van der Waals surface area contributed by atoms with Crippen LogP contribution in [0.15, 0.2) is 22.4 Å². The predicted molar refractivity (Wildman–Crippen MR) is 56.8 cm³/mol. The van der Waals surface area contributed by atoms with Crippen LogP contribution >= 0.6 is 0 Å². The molecule has 86 valence electrons. The lowest BCUT2D eigenvalue weighted by atomic mass is 9.80. The fraction of sp³-hybridized carbons (Fsp3) is 0.455. The van der Waals surface area contributed by atoms with Crippen molar-refractivity contribution >= 4 is 5.97 Å². The average molecular weight is 222 g/mol. The number of hydrogen-bond acceptors (Lipinski definition) is 5. The first-order valence-electron chi connectivity index (χ1n) is 4.76. The largest absolute Gasteiger partial charge is 0.466 e. The second kappa shape index (κ2) is 3.99. The van der Waals surface area contributed by atoms with Crippen molar-refractivity contribution in [3.05, 3.63) is 22.4 Å². The smallest absolute Gasteiger partial charge is 0.335 e. The van der Waals surface area contributed by atoms with E-state index in [0.717, 1.165) is 0 Å². The number of methoxy groups -OCH3 is 1. The van der Waals surface area contributed by atoms with Crippen LogP contribution in [0.4, 0.5) is 0 Å². The van der Waals surface area contributed by atoms with Crippen LogP contribution in [0.2, 0.25) is 0 Å². The second-order valence-electron chi connectivity index (χ2n) is 3.95. The Morgan fingerprint density at radius 2 is 2.25 bits per heavy atom. The number of ether oxygens (including phenoxy) is 1. The number of aliphatic hydroxyl groups is 1. The molecule has 0 radical (unpaired) electrons. The molecule has 0 aromatic carbocycles. The molecule has 0 saturated carbocycles. The summed E-state index contributed by atoms with van der Waals surface area (Å²) in [6.07, 6.45) is 0.0581. The van der Waals surface area contributed by atoms with Crippen LogP contribution < -0.4 is 5.73 Å². The van der Waals surface area contributed by atoms with E-state index in [1.165, 1.54) is 14.0 Å². The maximum absolute atomic E-state index is 11.4. The fourth-order valence-electron chi connectivity index (χ4n) is 1.64.